The van der Waals surface area contributed by atoms with E-state index < -0.39 is 0 Å². The van der Waals surface area contributed by atoms with Crippen molar-refractivity contribution in [2.24, 2.45) is 11.8 Å². The first kappa shape index (κ1) is 15.8. The third-order valence-corrected chi connectivity index (χ3v) is 3.84. The van der Waals surface area contributed by atoms with Crippen molar-refractivity contribution in [1.82, 2.24) is 0 Å². The van der Waals surface area contributed by atoms with E-state index in [1.54, 1.807) is 0 Å². The van der Waals surface area contributed by atoms with Crippen molar-refractivity contribution in [3.63, 3.8) is 0 Å². The van der Waals surface area contributed by atoms with E-state index in [1.807, 2.05) is 25.1 Å². The van der Waals surface area contributed by atoms with Gasteiger partial charge in [-0.15, -0.1) is 0 Å². The van der Waals surface area contributed by atoms with Gasteiger partial charge >= 0.3 is 5.97 Å². The molecule has 21 heavy (non-hydrogen) atoms. The van der Waals surface area contributed by atoms with Crippen molar-refractivity contribution in [2.75, 3.05) is 13.2 Å². The van der Waals surface area contributed by atoms with E-state index in [4.69, 9.17) is 9.47 Å². The normalized spacial score (nSPS) is 21.2. The molecular weight excluding hydrogens is 264 g/mol. The molecule has 0 radical (unpaired) electrons. The van der Waals surface area contributed by atoms with Gasteiger partial charge in [-0.2, -0.15) is 0 Å². The van der Waals surface area contributed by atoms with Gasteiger partial charge < -0.3 is 9.47 Å². The Morgan fingerprint density at radius 1 is 1.29 bits per heavy atom. The summed E-state index contributed by atoms with van der Waals surface area (Å²) in [4.78, 5) is 11.7. The van der Waals surface area contributed by atoms with Crippen LogP contribution in [-0.4, -0.2) is 19.2 Å². The number of esters is 1. The first-order valence-corrected chi connectivity index (χ1v) is 7.73. The SMILES string of the molecule is CCOC(=O)C[C@H]1C=CCC[C@@H]1COCc1ccccc1. The lowest BCUT2D eigenvalue weighted by molar-refractivity contribution is -0.144. The number of hydrogen-bond acceptors (Lipinski definition) is 3. The topological polar surface area (TPSA) is 35.5 Å². The zero-order valence-electron chi connectivity index (χ0n) is 12.7. The van der Waals surface area contributed by atoms with Crippen LogP contribution in [0.1, 0.15) is 31.7 Å². The van der Waals surface area contributed by atoms with Crippen molar-refractivity contribution in [3.8, 4) is 0 Å². The summed E-state index contributed by atoms with van der Waals surface area (Å²) in [7, 11) is 0. The number of carbonyl (C=O) groups excluding carboxylic acids is 1. The summed E-state index contributed by atoms with van der Waals surface area (Å²) >= 11 is 0. The fraction of sp³-hybridized carbons (Fsp3) is 0.500. The molecule has 2 atom stereocenters. The number of carbonyl (C=O) groups is 1. The molecule has 0 fully saturated rings. The second-order valence-electron chi connectivity index (χ2n) is 5.44. The van der Waals surface area contributed by atoms with Crippen LogP contribution in [0.2, 0.25) is 0 Å². The van der Waals surface area contributed by atoms with E-state index >= 15 is 0 Å². The minimum atomic E-state index is -0.109. The third kappa shape index (κ3) is 5.35. The van der Waals surface area contributed by atoms with E-state index in [0.717, 1.165) is 12.8 Å². The molecule has 3 nitrogen and oxygen atoms in total. The maximum Gasteiger partial charge on any atom is 0.306 e. The van der Waals surface area contributed by atoms with Crippen molar-refractivity contribution in [1.29, 1.82) is 0 Å². The Hall–Kier alpha value is -1.61. The van der Waals surface area contributed by atoms with E-state index in [0.29, 0.717) is 32.2 Å². The Bertz CT molecular complexity index is 453. The number of allylic oxidation sites excluding steroid dienone is 2. The molecule has 0 unspecified atom stereocenters. The lowest BCUT2D eigenvalue weighted by atomic mass is 9.82. The molecule has 1 aliphatic carbocycles. The molecule has 0 N–H and O–H groups in total. The van der Waals surface area contributed by atoms with Crippen molar-refractivity contribution in [3.05, 3.63) is 48.0 Å². The largest absolute Gasteiger partial charge is 0.466 e. The summed E-state index contributed by atoms with van der Waals surface area (Å²) in [5.74, 6) is 0.541. The lowest BCUT2D eigenvalue weighted by Crippen LogP contribution is -2.24. The molecule has 0 spiro atoms. The molecule has 1 aromatic rings. The predicted octanol–water partition coefficient (Wildman–Crippen LogP) is 3.74. The van der Waals surface area contributed by atoms with Crippen LogP contribution >= 0.6 is 0 Å². The summed E-state index contributed by atoms with van der Waals surface area (Å²) in [5.41, 5.74) is 1.19. The highest BCUT2D eigenvalue weighted by Gasteiger charge is 2.24. The molecule has 0 aromatic heterocycles. The van der Waals surface area contributed by atoms with Crippen LogP contribution in [0.5, 0.6) is 0 Å². The fourth-order valence-corrected chi connectivity index (χ4v) is 2.71. The van der Waals surface area contributed by atoms with Crippen LogP contribution in [0.4, 0.5) is 0 Å². The fourth-order valence-electron chi connectivity index (χ4n) is 2.71. The van der Waals surface area contributed by atoms with E-state index in [9.17, 15) is 4.79 Å². The van der Waals surface area contributed by atoms with Crippen LogP contribution in [-0.2, 0) is 20.9 Å². The Morgan fingerprint density at radius 2 is 2.10 bits per heavy atom. The molecule has 1 aromatic carbocycles. The molecule has 2 rings (SSSR count). The van der Waals surface area contributed by atoms with Gasteiger partial charge in [-0.3, -0.25) is 4.79 Å². The van der Waals surface area contributed by atoms with Crippen LogP contribution < -0.4 is 0 Å². The van der Waals surface area contributed by atoms with Gasteiger partial charge in [0.05, 0.1) is 26.2 Å². The number of benzene rings is 1. The Balaban J connectivity index is 1.79. The van der Waals surface area contributed by atoms with Crippen molar-refractivity contribution >= 4 is 5.97 Å². The molecule has 1 aliphatic rings. The van der Waals surface area contributed by atoms with Crippen LogP contribution in [0.3, 0.4) is 0 Å². The van der Waals surface area contributed by atoms with Gasteiger partial charge in [0, 0.05) is 0 Å². The Kier molecular flexibility index (Phi) is 6.48. The van der Waals surface area contributed by atoms with Crippen molar-refractivity contribution in [2.45, 2.75) is 32.8 Å². The second-order valence-corrected chi connectivity index (χ2v) is 5.44. The van der Waals surface area contributed by atoms with Crippen molar-refractivity contribution < 1.29 is 14.3 Å². The highest BCUT2D eigenvalue weighted by molar-refractivity contribution is 5.70. The number of hydrogen-bond donors (Lipinski definition) is 0. The van der Waals surface area contributed by atoms with Gasteiger partial charge in [-0.05, 0) is 37.2 Å². The average molecular weight is 288 g/mol. The quantitative estimate of drug-likeness (QED) is 0.566. The maximum absolute atomic E-state index is 11.7. The average Bonchev–Trinajstić information content (AvgIpc) is 2.50. The maximum atomic E-state index is 11.7. The molecule has 0 aliphatic heterocycles. The predicted molar refractivity (Wildman–Crippen MR) is 82.7 cm³/mol. The molecule has 0 bridgehead atoms. The monoisotopic (exact) mass is 288 g/mol. The zero-order valence-corrected chi connectivity index (χ0v) is 12.7. The Labute approximate surface area is 127 Å². The first-order chi connectivity index (χ1) is 10.3. The number of ether oxygens (including phenoxy) is 2. The molecule has 3 heteroatoms. The lowest BCUT2D eigenvalue weighted by Gasteiger charge is -2.26. The summed E-state index contributed by atoms with van der Waals surface area (Å²) in [6.07, 6.45) is 6.92. The summed E-state index contributed by atoms with van der Waals surface area (Å²) < 4.78 is 10.9. The molecule has 0 saturated heterocycles. The highest BCUT2D eigenvalue weighted by atomic mass is 16.5. The summed E-state index contributed by atoms with van der Waals surface area (Å²) in [6.45, 7) is 3.62. The van der Waals surface area contributed by atoms with E-state index in [-0.39, 0.29) is 11.9 Å². The zero-order chi connectivity index (χ0) is 14.9. The van der Waals surface area contributed by atoms with Crippen LogP contribution in [0.25, 0.3) is 0 Å². The van der Waals surface area contributed by atoms with E-state index in [2.05, 4.69) is 24.3 Å². The van der Waals surface area contributed by atoms with Gasteiger partial charge in [0.2, 0.25) is 0 Å². The van der Waals surface area contributed by atoms with Gasteiger partial charge in [0.1, 0.15) is 0 Å². The smallest absolute Gasteiger partial charge is 0.306 e. The van der Waals surface area contributed by atoms with Crippen LogP contribution in [0, 0.1) is 11.8 Å². The first-order valence-electron chi connectivity index (χ1n) is 7.73. The Morgan fingerprint density at radius 3 is 2.86 bits per heavy atom. The molecular formula is C18H24O3. The minimum absolute atomic E-state index is 0.109. The minimum Gasteiger partial charge on any atom is -0.466 e. The van der Waals surface area contributed by atoms with Gasteiger partial charge in [-0.25, -0.2) is 0 Å². The molecule has 0 heterocycles. The number of rotatable bonds is 7. The van der Waals surface area contributed by atoms with Gasteiger partial charge in [-0.1, -0.05) is 42.5 Å². The summed E-state index contributed by atoms with van der Waals surface area (Å²) in [6, 6.07) is 10.2. The van der Waals surface area contributed by atoms with Gasteiger partial charge in [0.15, 0.2) is 0 Å². The molecule has 0 amide bonds. The second kappa shape index (κ2) is 8.63. The summed E-state index contributed by atoms with van der Waals surface area (Å²) in [5, 5.41) is 0. The molecule has 114 valence electrons. The van der Waals surface area contributed by atoms with E-state index in [1.165, 1.54) is 5.56 Å². The highest BCUT2D eigenvalue weighted by Crippen LogP contribution is 2.28. The third-order valence-electron chi connectivity index (χ3n) is 3.84. The van der Waals surface area contributed by atoms with Gasteiger partial charge in [0.25, 0.3) is 0 Å². The van der Waals surface area contributed by atoms with Crippen LogP contribution in [0.15, 0.2) is 42.5 Å². The molecule has 0 saturated carbocycles. The standard InChI is InChI=1S/C18H24O3/c1-2-21-18(19)12-16-10-6-7-11-17(16)14-20-13-15-8-4-3-5-9-15/h3-6,8-10,16-17H,2,7,11-14H2,1H3/t16-,17-/m1/s1.